The second-order valence-electron chi connectivity index (χ2n) is 8.10. The van der Waals surface area contributed by atoms with Crippen LogP contribution in [0.5, 0.6) is 0 Å². The number of benzene rings is 3. The van der Waals surface area contributed by atoms with E-state index in [1.54, 1.807) is 42.5 Å². The molecule has 0 fully saturated rings. The van der Waals surface area contributed by atoms with Crippen LogP contribution in [0.2, 0.25) is 0 Å². The van der Waals surface area contributed by atoms with E-state index in [0.717, 1.165) is 15.6 Å². The first kappa shape index (κ1) is 25.6. The number of halogens is 1. The summed E-state index contributed by atoms with van der Waals surface area (Å²) in [5.74, 6) is 0.684. The quantitative estimate of drug-likeness (QED) is 0.204. The van der Waals surface area contributed by atoms with Gasteiger partial charge in [0, 0.05) is 16.5 Å². The second kappa shape index (κ2) is 11.5. The van der Waals surface area contributed by atoms with Crippen molar-refractivity contribution in [3.05, 3.63) is 112 Å². The molecule has 7 nitrogen and oxygen atoms in total. The summed E-state index contributed by atoms with van der Waals surface area (Å²) >= 11 is 3.40. The van der Waals surface area contributed by atoms with Crippen LogP contribution in [-0.4, -0.2) is 20.5 Å². The van der Waals surface area contributed by atoms with Crippen molar-refractivity contribution >= 4 is 38.1 Å². The van der Waals surface area contributed by atoms with Gasteiger partial charge in [0.25, 0.3) is 0 Å². The van der Waals surface area contributed by atoms with Crippen LogP contribution < -0.4 is 10.1 Å². The molecule has 36 heavy (non-hydrogen) atoms. The Balaban J connectivity index is 1.42. The molecule has 1 atom stereocenters. The number of hydrogen-bond donors (Lipinski definition) is 2. The maximum absolute atomic E-state index is 13.0. The Bertz CT molecular complexity index is 1450. The molecule has 0 radical (unpaired) electrons. The lowest BCUT2D eigenvalue weighted by Crippen LogP contribution is -2.32. The van der Waals surface area contributed by atoms with Gasteiger partial charge >= 0.3 is 0 Å². The Morgan fingerprint density at radius 1 is 0.972 bits per heavy atom. The number of hydrogen-bond acceptors (Lipinski definition) is 5. The molecule has 1 aromatic heterocycles. The van der Waals surface area contributed by atoms with Crippen LogP contribution in [0.3, 0.4) is 0 Å². The van der Waals surface area contributed by atoms with Gasteiger partial charge in [-0.05, 0) is 48.9 Å². The number of aryl methyl sites for hydroxylation is 1. The summed E-state index contributed by atoms with van der Waals surface area (Å²) in [6.45, 7) is 1.88. The molecule has 3 aromatic carbocycles. The Morgan fingerprint density at radius 3 is 2.36 bits per heavy atom. The van der Waals surface area contributed by atoms with Crippen molar-refractivity contribution in [1.29, 1.82) is 0 Å². The van der Waals surface area contributed by atoms with Crippen molar-refractivity contribution in [2.75, 3.05) is 0 Å². The van der Waals surface area contributed by atoms with E-state index in [1.165, 1.54) is 18.3 Å². The monoisotopic (exact) mass is 565 g/mol. The molecule has 4 aromatic rings. The van der Waals surface area contributed by atoms with E-state index in [4.69, 9.17) is 4.42 Å². The molecule has 0 saturated heterocycles. The maximum atomic E-state index is 13.0. The topological polar surface area (TPSA) is 101 Å². The van der Waals surface area contributed by atoms with Gasteiger partial charge in [-0.3, -0.25) is 4.79 Å². The zero-order valence-corrected chi connectivity index (χ0v) is 21.8. The van der Waals surface area contributed by atoms with E-state index in [9.17, 15) is 13.2 Å². The van der Waals surface area contributed by atoms with Gasteiger partial charge in [-0.15, -0.1) is 0 Å². The maximum Gasteiger partial charge on any atom is 0.242 e. The SMILES string of the molecule is Cc1ccc(S(=O)(=O)N[C@@H](CC(=O)N/N=C\c2ccc(-c3ccc(Br)cc3)o2)c2ccccc2)cc1. The van der Waals surface area contributed by atoms with Gasteiger partial charge in [0.1, 0.15) is 11.5 Å². The molecule has 0 bridgehead atoms. The minimum absolute atomic E-state index is 0.131. The standard InChI is InChI=1S/C27H24BrN3O4S/c1-19-7-14-24(15-8-19)36(33,34)31-25(20-5-3-2-4-6-20)17-27(32)30-29-18-23-13-16-26(35-23)21-9-11-22(28)12-10-21/h2-16,18,25,31H,17H2,1H3,(H,30,32)/b29-18-/t25-/m0/s1. The highest BCUT2D eigenvalue weighted by atomic mass is 79.9. The number of nitrogens with one attached hydrogen (secondary N) is 2. The number of furan rings is 1. The minimum Gasteiger partial charge on any atom is -0.455 e. The molecule has 0 aliphatic rings. The third-order valence-electron chi connectivity index (χ3n) is 5.36. The summed E-state index contributed by atoms with van der Waals surface area (Å²) in [6.07, 6.45) is 1.25. The third kappa shape index (κ3) is 6.78. The molecule has 0 aliphatic carbocycles. The lowest BCUT2D eigenvalue weighted by atomic mass is 10.0. The minimum atomic E-state index is -3.85. The van der Waals surface area contributed by atoms with Crippen LogP contribution >= 0.6 is 15.9 Å². The summed E-state index contributed by atoms with van der Waals surface area (Å²) < 4.78 is 35.3. The van der Waals surface area contributed by atoms with E-state index >= 15 is 0 Å². The summed E-state index contributed by atoms with van der Waals surface area (Å²) in [7, 11) is -3.85. The lowest BCUT2D eigenvalue weighted by molar-refractivity contribution is -0.121. The molecule has 1 heterocycles. The van der Waals surface area contributed by atoms with Crippen molar-refractivity contribution in [3.8, 4) is 11.3 Å². The molecular weight excluding hydrogens is 542 g/mol. The van der Waals surface area contributed by atoms with Crippen LogP contribution in [0.4, 0.5) is 0 Å². The van der Waals surface area contributed by atoms with Crippen LogP contribution in [0.25, 0.3) is 11.3 Å². The van der Waals surface area contributed by atoms with Crippen molar-refractivity contribution in [2.45, 2.75) is 24.3 Å². The zero-order chi connectivity index (χ0) is 25.5. The number of sulfonamides is 1. The Hall–Kier alpha value is -3.53. The second-order valence-corrected chi connectivity index (χ2v) is 10.7. The molecule has 1 amide bonds. The van der Waals surface area contributed by atoms with Gasteiger partial charge in [0.05, 0.1) is 17.2 Å². The number of nitrogens with zero attached hydrogens (tertiary/aromatic N) is 1. The summed E-state index contributed by atoms with van der Waals surface area (Å²) in [5, 5.41) is 3.97. The van der Waals surface area contributed by atoms with E-state index in [-0.39, 0.29) is 11.3 Å². The predicted molar refractivity (Wildman–Crippen MR) is 143 cm³/mol. The van der Waals surface area contributed by atoms with Gasteiger partial charge in [0.15, 0.2) is 0 Å². The first-order valence-corrected chi connectivity index (χ1v) is 13.4. The van der Waals surface area contributed by atoms with E-state index in [1.807, 2.05) is 43.3 Å². The van der Waals surface area contributed by atoms with Gasteiger partial charge < -0.3 is 4.42 Å². The van der Waals surface area contributed by atoms with Gasteiger partial charge in [-0.2, -0.15) is 5.10 Å². The van der Waals surface area contributed by atoms with Crippen molar-refractivity contribution in [2.24, 2.45) is 5.10 Å². The van der Waals surface area contributed by atoms with Gasteiger partial charge in [0.2, 0.25) is 15.9 Å². The van der Waals surface area contributed by atoms with Crippen LogP contribution in [-0.2, 0) is 14.8 Å². The molecular formula is C27H24BrN3O4S. The first-order valence-electron chi connectivity index (χ1n) is 11.1. The average Bonchev–Trinajstić information content (AvgIpc) is 3.34. The van der Waals surface area contributed by atoms with Crippen molar-refractivity contribution in [1.82, 2.24) is 10.1 Å². The summed E-state index contributed by atoms with van der Waals surface area (Å²) in [5.41, 5.74) is 4.98. The molecule has 9 heteroatoms. The molecule has 0 saturated carbocycles. The molecule has 4 rings (SSSR count). The molecule has 0 spiro atoms. The number of carbonyl (C=O) groups excluding carboxylic acids is 1. The number of hydrazone groups is 1. The molecule has 0 aliphatic heterocycles. The van der Waals surface area contributed by atoms with Gasteiger partial charge in [-0.25, -0.2) is 18.6 Å². The Morgan fingerprint density at radius 2 is 1.67 bits per heavy atom. The lowest BCUT2D eigenvalue weighted by Gasteiger charge is -2.18. The molecule has 184 valence electrons. The van der Waals surface area contributed by atoms with Gasteiger partial charge in [-0.1, -0.05) is 76.1 Å². The predicted octanol–water partition coefficient (Wildman–Crippen LogP) is 5.58. The van der Waals surface area contributed by atoms with Crippen molar-refractivity contribution < 1.29 is 17.6 Å². The fourth-order valence-electron chi connectivity index (χ4n) is 3.48. The highest BCUT2D eigenvalue weighted by Gasteiger charge is 2.23. The number of carbonyl (C=O) groups is 1. The fourth-order valence-corrected chi connectivity index (χ4v) is 4.96. The smallest absolute Gasteiger partial charge is 0.242 e. The van der Waals surface area contributed by atoms with Crippen LogP contribution in [0.15, 0.2) is 110 Å². The van der Waals surface area contributed by atoms with E-state index in [2.05, 4.69) is 31.2 Å². The van der Waals surface area contributed by atoms with Crippen molar-refractivity contribution in [3.63, 3.8) is 0 Å². The van der Waals surface area contributed by atoms with Crippen LogP contribution in [0, 0.1) is 6.92 Å². The summed E-state index contributed by atoms with van der Waals surface area (Å²) in [4.78, 5) is 12.8. The summed E-state index contributed by atoms with van der Waals surface area (Å²) in [6, 6.07) is 25.9. The highest BCUT2D eigenvalue weighted by molar-refractivity contribution is 9.10. The average molecular weight is 566 g/mol. The highest BCUT2D eigenvalue weighted by Crippen LogP contribution is 2.24. The van der Waals surface area contributed by atoms with Crippen LogP contribution in [0.1, 0.15) is 29.3 Å². The molecule has 2 N–H and O–H groups in total. The Kier molecular flexibility index (Phi) is 8.14. The Labute approximate surface area is 218 Å². The number of amides is 1. The van der Waals surface area contributed by atoms with E-state index < -0.39 is 22.0 Å². The fraction of sp³-hybridized carbons (Fsp3) is 0.111. The largest absolute Gasteiger partial charge is 0.455 e. The zero-order valence-electron chi connectivity index (χ0n) is 19.4. The molecule has 0 unspecified atom stereocenters. The third-order valence-corrected chi connectivity index (χ3v) is 7.37. The number of rotatable bonds is 9. The van der Waals surface area contributed by atoms with E-state index in [0.29, 0.717) is 17.1 Å². The first-order chi connectivity index (χ1) is 17.3. The normalized spacial score (nSPS) is 12.5.